The Morgan fingerprint density at radius 2 is 0.568 bits per heavy atom. The number of anilines is 6. The summed E-state index contributed by atoms with van der Waals surface area (Å²) in [6.45, 7) is 16.7. The summed E-state index contributed by atoms with van der Waals surface area (Å²) >= 11 is 3.43. The highest BCUT2D eigenvalue weighted by atomic mass is 79.9. The maximum absolute atomic E-state index is 6.18. The Hall–Kier alpha value is -13.8. The second-order valence-corrected chi connectivity index (χ2v) is 31.7. The summed E-state index contributed by atoms with van der Waals surface area (Å²) in [6.07, 6.45) is 7.48. The second kappa shape index (κ2) is 33.6. The highest BCUT2D eigenvalue weighted by Gasteiger charge is 2.52. The molecule has 1 fully saturated rings. The zero-order valence-electron chi connectivity index (χ0n) is 67.0. The highest BCUT2D eigenvalue weighted by molar-refractivity contribution is 9.10. The van der Waals surface area contributed by atoms with Crippen molar-refractivity contribution < 1.29 is 9.31 Å². The van der Waals surface area contributed by atoms with Crippen LogP contribution in [-0.4, -0.2) is 57.4 Å². The number of aryl methyl sites for hydroxylation is 4. The zero-order valence-corrected chi connectivity index (χ0v) is 68.6. The first-order valence-corrected chi connectivity index (χ1v) is 40.5. The van der Waals surface area contributed by atoms with Gasteiger partial charge in [-0.15, -0.1) is 0 Å². The number of imidazole rings is 2. The Balaban J connectivity index is 0.000000138. The van der Waals surface area contributed by atoms with Crippen LogP contribution in [0.1, 0.15) is 49.9 Å². The number of rotatable bonds is 16. The van der Waals surface area contributed by atoms with E-state index in [1.807, 2.05) is 122 Å². The van der Waals surface area contributed by atoms with Crippen molar-refractivity contribution in [2.45, 2.75) is 66.6 Å². The first kappa shape index (κ1) is 76.9. The standard InChI is InChI=1S/C49H37N5.C37H37BN2O2.C18H12BrN3/c1-34-12-24-42(25-13-34)53(43-26-14-35(2)15-27-43)44-28-20-37(21-29-44)36-16-18-38(19-17-36)45-30-22-39(32-50-45)40-23-31-47(51-33-40)49-52-46-10-6-7-11-48(46)54(49)41-8-4-3-5-9-41;1-26-7-18-32(19-8-26)40(33-20-9-27(2)10-21-33)34-22-15-29(16-23-34)28-11-13-30(14-12-28)35-24-17-31(25-39-35)38-41-36(3,4)37(5,6)42-38;19-13-10-11-16(20-12-13)18-21-15-8-4-5-9-17(15)22(18)14-6-2-1-3-7-14/h3-33H,1-2H3;7-25H,1-6H3;1-12H. The van der Waals surface area contributed by atoms with E-state index in [2.05, 4.69) is 344 Å². The fourth-order valence-corrected chi connectivity index (χ4v) is 14.9. The number of hydrogen-bond donors (Lipinski definition) is 0. The summed E-state index contributed by atoms with van der Waals surface area (Å²) in [5, 5.41) is 0. The molecule has 0 spiro atoms. The largest absolute Gasteiger partial charge is 0.496 e. The van der Waals surface area contributed by atoms with Crippen molar-refractivity contribution in [3.05, 3.63) is 403 Å². The molecule has 12 aromatic carbocycles. The summed E-state index contributed by atoms with van der Waals surface area (Å²) in [4.78, 5) is 33.3. The van der Waals surface area contributed by atoms with E-state index in [1.165, 1.54) is 27.8 Å². The van der Waals surface area contributed by atoms with Gasteiger partial charge < -0.3 is 19.1 Å². The van der Waals surface area contributed by atoms with Crippen molar-refractivity contribution in [3.8, 4) is 90.3 Å². The van der Waals surface area contributed by atoms with Crippen molar-refractivity contribution in [1.82, 2.24) is 39.0 Å². The normalized spacial score (nSPS) is 12.7. The lowest BCUT2D eigenvalue weighted by atomic mass is 9.80. The van der Waals surface area contributed by atoms with Crippen LogP contribution in [0.2, 0.25) is 0 Å². The molecule has 19 rings (SSSR count). The highest BCUT2D eigenvalue weighted by Crippen LogP contribution is 2.41. The predicted octanol–water partition coefficient (Wildman–Crippen LogP) is 26.2. The van der Waals surface area contributed by atoms with Gasteiger partial charge in [-0.05, 0) is 245 Å². The molecular weight excluding hydrogens is 1510 g/mol. The minimum absolute atomic E-state index is 0.371. The summed E-state index contributed by atoms with van der Waals surface area (Å²) in [5.74, 6) is 1.66. The molecular formula is C104H86BBrN10O2. The summed E-state index contributed by atoms with van der Waals surface area (Å²) < 4.78 is 17.6. The molecule has 1 aliphatic heterocycles. The maximum atomic E-state index is 6.18. The lowest BCUT2D eigenvalue weighted by molar-refractivity contribution is 0.00578. The Morgan fingerprint density at radius 1 is 0.280 bits per heavy atom. The minimum atomic E-state index is -0.408. The third-order valence-electron chi connectivity index (χ3n) is 22.0. The Bertz CT molecular complexity index is 6350. The molecule has 0 radical (unpaired) electrons. The van der Waals surface area contributed by atoms with Gasteiger partial charge in [0.15, 0.2) is 11.6 Å². The molecule has 0 N–H and O–H groups in total. The van der Waals surface area contributed by atoms with Crippen LogP contribution in [0, 0.1) is 27.7 Å². The number of pyridine rings is 4. The van der Waals surface area contributed by atoms with Gasteiger partial charge in [-0.1, -0.05) is 222 Å². The molecule has 0 amide bonds. The number of nitrogens with zero attached hydrogens (tertiary/aromatic N) is 10. The molecule has 0 atom stereocenters. The Kier molecular flexibility index (Phi) is 21.9. The van der Waals surface area contributed by atoms with E-state index < -0.39 is 7.12 Å². The lowest BCUT2D eigenvalue weighted by Crippen LogP contribution is -2.41. The predicted molar refractivity (Wildman–Crippen MR) is 490 cm³/mol. The number of para-hydroxylation sites is 6. The van der Waals surface area contributed by atoms with E-state index in [0.717, 1.165) is 151 Å². The first-order valence-electron chi connectivity index (χ1n) is 39.7. The van der Waals surface area contributed by atoms with Crippen LogP contribution in [0.25, 0.3) is 112 Å². The molecule has 18 aromatic rings. The van der Waals surface area contributed by atoms with E-state index in [9.17, 15) is 0 Å². The molecule has 574 valence electrons. The maximum Gasteiger partial charge on any atom is 0.496 e. The first-order chi connectivity index (χ1) is 57.5. The number of fused-ring (bicyclic) bond motifs is 2. The van der Waals surface area contributed by atoms with Crippen LogP contribution >= 0.6 is 15.9 Å². The smallest absolute Gasteiger partial charge is 0.399 e. The zero-order chi connectivity index (χ0) is 80.9. The van der Waals surface area contributed by atoms with Gasteiger partial charge in [-0.25, -0.2) is 9.97 Å². The molecule has 0 saturated carbocycles. The molecule has 7 heterocycles. The number of hydrogen-bond acceptors (Lipinski definition) is 10. The number of halogens is 1. The van der Waals surface area contributed by atoms with Crippen LogP contribution < -0.4 is 15.3 Å². The summed E-state index contributed by atoms with van der Waals surface area (Å²) in [7, 11) is -0.408. The van der Waals surface area contributed by atoms with Crippen LogP contribution in [0.5, 0.6) is 0 Å². The Labute approximate surface area is 698 Å². The van der Waals surface area contributed by atoms with Crippen LogP contribution in [0.3, 0.4) is 0 Å². The van der Waals surface area contributed by atoms with Gasteiger partial charge in [0.2, 0.25) is 0 Å². The topological polar surface area (TPSA) is 112 Å². The molecule has 0 bridgehead atoms. The van der Waals surface area contributed by atoms with Gasteiger partial charge in [-0.3, -0.25) is 29.1 Å². The van der Waals surface area contributed by atoms with Gasteiger partial charge in [0.05, 0.1) is 44.7 Å². The number of benzene rings is 12. The third kappa shape index (κ3) is 16.6. The van der Waals surface area contributed by atoms with Gasteiger partial charge >= 0.3 is 7.12 Å². The van der Waals surface area contributed by atoms with Gasteiger partial charge in [0.1, 0.15) is 11.4 Å². The van der Waals surface area contributed by atoms with Crippen molar-refractivity contribution in [2.24, 2.45) is 0 Å². The van der Waals surface area contributed by atoms with E-state index >= 15 is 0 Å². The van der Waals surface area contributed by atoms with Crippen LogP contribution in [0.15, 0.2) is 381 Å². The molecule has 12 nitrogen and oxygen atoms in total. The Morgan fingerprint density at radius 3 is 0.898 bits per heavy atom. The summed E-state index contributed by atoms with van der Waals surface area (Å²) in [6, 6.07) is 123. The molecule has 1 aliphatic rings. The van der Waals surface area contributed by atoms with Crippen molar-refractivity contribution in [2.75, 3.05) is 9.80 Å². The molecule has 14 heteroatoms. The van der Waals surface area contributed by atoms with E-state index in [4.69, 9.17) is 34.2 Å². The third-order valence-corrected chi connectivity index (χ3v) is 22.4. The number of aromatic nitrogens is 8. The van der Waals surface area contributed by atoms with Gasteiger partial charge in [0, 0.05) is 102 Å². The van der Waals surface area contributed by atoms with Gasteiger partial charge in [0.25, 0.3) is 0 Å². The molecule has 118 heavy (non-hydrogen) atoms. The SMILES string of the molecule is Brc1ccc(-c2nc3ccccc3n2-c2ccccc2)nc1.Cc1ccc(N(c2ccc(C)cc2)c2ccc(-c3ccc(-c4ccc(-c5ccc(-c6nc7ccccc7n6-c6ccccc6)nc5)cn4)cc3)cc2)cc1.Cc1ccc(N(c2ccc(C)cc2)c2ccc(-c3ccc(-c4ccc(B5OC(C)(C)C(C)(C)O5)cn4)cc3)cc2)cc1. The van der Waals surface area contributed by atoms with E-state index in [0.29, 0.717) is 0 Å². The van der Waals surface area contributed by atoms with E-state index in [1.54, 1.807) is 6.20 Å². The second-order valence-electron chi connectivity index (χ2n) is 30.7. The van der Waals surface area contributed by atoms with E-state index in [-0.39, 0.29) is 11.2 Å². The van der Waals surface area contributed by atoms with Gasteiger partial charge in [-0.2, -0.15) is 0 Å². The monoisotopic (exact) mass is 1600 g/mol. The van der Waals surface area contributed by atoms with Crippen LogP contribution in [0.4, 0.5) is 34.1 Å². The van der Waals surface area contributed by atoms with Crippen LogP contribution in [-0.2, 0) is 9.31 Å². The molecule has 1 saturated heterocycles. The molecule has 0 aliphatic carbocycles. The molecule has 0 unspecified atom stereocenters. The molecule has 6 aromatic heterocycles. The quantitative estimate of drug-likeness (QED) is 0.0867. The van der Waals surface area contributed by atoms with Crippen molar-refractivity contribution in [3.63, 3.8) is 0 Å². The average Bonchev–Trinajstić information content (AvgIpc) is 1.74. The average molecular weight is 1600 g/mol. The fourth-order valence-electron chi connectivity index (χ4n) is 14.7. The lowest BCUT2D eigenvalue weighted by Gasteiger charge is -2.32. The summed E-state index contributed by atoms with van der Waals surface area (Å²) in [5.41, 5.74) is 30.4. The van der Waals surface area contributed by atoms with Crippen molar-refractivity contribution in [1.29, 1.82) is 0 Å². The van der Waals surface area contributed by atoms with Crippen molar-refractivity contribution >= 4 is 84.7 Å². The minimum Gasteiger partial charge on any atom is -0.399 e. The fraction of sp³-hybridized carbons (Fsp3) is 0.0962.